The average molecular weight is 484 g/mol. The van der Waals surface area contributed by atoms with Crippen LogP contribution in [-0.4, -0.2) is 35.5 Å². The first-order chi connectivity index (χ1) is 15.7. The van der Waals surface area contributed by atoms with Gasteiger partial charge in [0.1, 0.15) is 0 Å². The quantitative estimate of drug-likeness (QED) is 0.416. The molecule has 170 valence electrons. The molecule has 2 N–H and O–H groups in total. The maximum absolute atomic E-state index is 12.6. The Bertz CT molecular complexity index is 1430. The highest BCUT2D eigenvalue weighted by molar-refractivity contribution is 7.91. The number of carbonyl (C=O) groups is 1. The van der Waals surface area contributed by atoms with Crippen molar-refractivity contribution in [2.45, 2.75) is 24.5 Å². The van der Waals surface area contributed by atoms with E-state index in [9.17, 15) is 18.3 Å². The third-order valence-corrected chi connectivity index (χ3v) is 6.68. The van der Waals surface area contributed by atoms with Crippen LogP contribution in [0.2, 0.25) is 5.02 Å². The Labute approximate surface area is 196 Å². The zero-order valence-electron chi connectivity index (χ0n) is 17.8. The van der Waals surface area contributed by atoms with E-state index >= 15 is 0 Å². The van der Waals surface area contributed by atoms with E-state index in [1.165, 1.54) is 6.07 Å². The van der Waals surface area contributed by atoms with Gasteiger partial charge in [-0.05, 0) is 34.9 Å². The number of aliphatic hydroxyl groups is 1. The Morgan fingerprint density at radius 2 is 1.79 bits per heavy atom. The summed E-state index contributed by atoms with van der Waals surface area (Å²) >= 11 is 6.14. The Hall–Kier alpha value is -3.20. The maximum atomic E-state index is 12.6. The monoisotopic (exact) mass is 483 g/mol. The number of nitrogens with zero attached hydrogens (tertiary/aromatic N) is 2. The van der Waals surface area contributed by atoms with E-state index in [4.69, 9.17) is 11.6 Å². The lowest BCUT2D eigenvalue weighted by Gasteiger charge is -2.09. The number of nitrogens with one attached hydrogen (secondary N) is 1. The molecule has 9 heteroatoms. The summed E-state index contributed by atoms with van der Waals surface area (Å²) < 4.78 is 26.6. The number of rotatable bonds is 7. The summed E-state index contributed by atoms with van der Waals surface area (Å²) in [6.07, 6.45) is 2.87. The minimum absolute atomic E-state index is 0.0331. The normalized spacial score (nSPS) is 11.6. The molecule has 0 atom stereocenters. The van der Waals surface area contributed by atoms with E-state index in [2.05, 4.69) is 10.4 Å². The molecule has 4 aromatic rings. The molecule has 33 heavy (non-hydrogen) atoms. The van der Waals surface area contributed by atoms with Gasteiger partial charge in [-0.25, -0.2) is 8.42 Å². The van der Waals surface area contributed by atoms with Gasteiger partial charge in [0.05, 0.1) is 30.0 Å². The molecule has 0 saturated heterocycles. The van der Waals surface area contributed by atoms with Crippen LogP contribution in [0.1, 0.15) is 16.7 Å². The predicted octanol–water partition coefficient (Wildman–Crippen LogP) is 3.82. The molecule has 4 rings (SSSR count). The van der Waals surface area contributed by atoms with Crippen molar-refractivity contribution in [2.24, 2.45) is 0 Å². The second-order valence-electron chi connectivity index (χ2n) is 7.80. The zero-order valence-corrected chi connectivity index (χ0v) is 19.4. The molecule has 0 saturated carbocycles. The number of benzene rings is 3. The molecular weight excluding hydrogens is 462 g/mol. The predicted molar refractivity (Wildman–Crippen MR) is 128 cm³/mol. The molecule has 0 bridgehead atoms. The van der Waals surface area contributed by atoms with Crippen LogP contribution < -0.4 is 5.32 Å². The first-order valence-corrected chi connectivity index (χ1v) is 12.4. The lowest BCUT2D eigenvalue weighted by Crippen LogP contribution is -2.15. The molecule has 0 aliphatic rings. The molecule has 0 aliphatic heterocycles. The molecule has 1 amide bonds. The van der Waals surface area contributed by atoms with E-state index in [0.29, 0.717) is 33.7 Å². The van der Waals surface area contributed by atoms with Gasteiger partial charge in [-0.3, -0.25) is 9.48 Å². The molecule has 1 heterocycles. The summed E-state index contributed by atoms with van der Waals surface area (Å²) in [5.74, 6) is -0.315. The van der Waals surface area contributed by atoms with E-state index in [1.807, 2.05) is 24.3 Å². The number of hydrogen-bond donors (Lipinski definition) is 2. The fourth-order valence-corrected chi connectivity index (χ4v) is 4.66. The van der Waals surface area contributed by atoms with Gasteiger partial charge in [0, 0.05) is 28.5 Å². The summed E-state index contributed by atoms with van der Waals surface area (Å²) in [5, 5.41) is 17.4. The standard InChI is InChI=1S/C24H22ClN3O4S/c1-33(31,32)23-12-19(26-24(30)10-18-4-2-3-5-21(18)25)11-22-20(23)14-28(27-22)13-16-6-8-17(15-29)9-7-16/h2-9,11-12,14,29H,10,13,15H2,1H3,(H,26,30). The third kappa shape index (κ3) is 5.42. The van der Waals surface area contributed by atoms with Crippen molar-refractivity contribution in [1.82, 2.24) is 9.78 Å². The second-order valence-corrected chi connectivity index (χ2v) is 10.2. The Morgan fingerprint density at radius 1 is 1.09 bits per heavy atom. The Morgan fingerprint density at radius 3 is 2.45 bits per heavy atom. The largest absolute Gasteiger partial charge is 0.392 e. The van der Waals surface area contributed by atoms with Crippen LogP contribution in [0.3, 0.4) is 0 Å². The fourth-order valence-electron chi connectivity index (χ4n) is 3.56. The minimum Gasteiger partial charge on any atom is -0.392 e. The molecule has 0 fully saturated rings. The molecule has 3 aromatic carbocycles. The molecule has 0 aliphatic carbocycles. The number of carbonyl (C=O) groups excluding carboxylic acids is 1. The van der Waals surface area contributed by atoms with Gasteiger partial charge in [-0.15, -0.1) is 0 Å². The van der Waals surface area contributed by atoms with Crippen molar-refractivity contribution in [2.75, 3.05) is 11.6 Å². The van der Waals surface area contributed by atoms with E-state index < -0.39 is 9.84 Å². The van der Waals surface area contributed by atoms with Gasteiger partial charge in [-0.1, -0.05) is 54.1 Å². The Balaban J connectivity index is 1.64. The van der Waals surface area contributed by atoms with Crippen molar-refractivity contribution in [3.63, 3.8) is 0 Å². The second kappa shape index (κ2) is 9.35. The van der Waals surface area contributed by atoms with Gasteiger partial charge in [0.25, 0.3) is 0 Å². The zero-order chi connectivity index (χ0) is 23.6. The molecule has 0 unspecified atom stereocenters. The molecular formula is C24H22ClN3O4S. The van der Waals surface area contributed by atoms with Crippen molar-refractivity contribution >= 4 is 43.9 Å². The van der Waals surface area contributed by atoms with Crippen molar-refractivity contribution < 1.29 is 18.3 Å². The number of anilines is 1. The summed E-state index contributed by atoms with van der Waals surface area (Å²) in [6.45, 7) is 0.395. The van der Waals surface area contributed by atoms with Crippen LogP contribution in [0.5, 0.6) is 0 Å². The highest BCUT2D eigenvalue weighted by atomic mass is 35.5. The van der Waals surface area contributed by atoms with Crippen LogP contribution in [0.4, 0.5) is 5.69 Å². The first kappa shape index (κ1) is 23.0. The van der Waals surface area contributed by atoms with E-state index in [1.54, 1.807) is 41.2 Å². The van der Waals surface area contributed by atoms with Crippen LogP contribution in [0, 0.1) is 0 Å². The third-order valence-electron chi connectivity index (χ3n) is 5.18. The number of fused-ring (bicyclic) bond motifs is 1. The van der Waals surface area contributed by atoms with E-state index in [-0.39, 0.29) is 23.8 Å². The molecule has 1 aromatic heterocycles. The topological polar surface area (TPSA) is 101 Å². The number of amides is 1. The van der Waals surface area contributed by atoms with E-state index in [0.717, 1.165) is 17.4 Å². The number of halogens is 1. The summed E-state index contributed by atoms with van der Waals surface area (Å²) in [5.41, 5.74) is 3.24. The maximum Gasteiger partial charge on any atom is 0.228 e. The highest BCUT2D eigenvalue weighted by Gasteiger charge is 2.18. The number of hydrogen-bond acceptors (Lipinski definition) is 5. The van der Waals surface area contributed by atoms with Crippen LogP contribution in [0.25, 0.3) is 10.9 Å². The van der Waals surface area contributed by atoms with Gasteiger partial charge < -0.3 is 10.4 Å². The smallest absolute Gasteiger partial charge is 0.228 e. The number of aromatic nitrogens is 2. The van der Waals surface area contributed by atoms with Crippen molar-refractivity contribution in [1.29, 1.82) is 0 Å². The van der Waals surface area contributed by atoms with Gasteiger partial charge in [0.2, 0.25) is 5.91 Å². The van der Waals surface area contributed by atoms with Gasteiger partial charge in [-0.2, -0.15) is 5.10 Å². The van der Waals surface area contributed by atoms with Crippen LogP contribution in [0.15, 0.2) is 71.8 Å². The highest BCUT2D eigenvalue weighted by Crippen LogP contribution is 2.28. The number of sulfone groups is 1. The molecule has 0 radical (unpaired) electrons. The average Bonchev–Trinajstić information content (AvgIpc) is 3.16. The summed E-state index contributed by atoms with van der Waals surface area (Å²) in [7, 11) is -3.58. The van der Waals surface area contributed by atoms with Crippen LogP contribution >= 0.6 is 11.6 Å². The van der Waals surface area contributed by atoms with Crippen molar-refractivity contribution in [3.05, 3.63) is 88.6 Å². The van der Waals surface area contributed by atoms with Gasteiger partial charge >= 0.3 is 0 Å². The number of aliphatic hydroxyl groups excluding tert-OH is 1. The summed E-state index contributed by atoms with van der Waals surface area (Å²) in [6, 6.07) is 17.6. The van der Waals surface area contributed by atoms with Gasteiger partial charge in [0.15, 0.2) is 9.84 Å². The SMILES string of the molecule is CS(=O)(=O)c1cc(NC(=O)Cc2ccccc2Cl)cc2nn(Cc3ccc(CO)cc3)cc12. The lowest BCUT2D eigenvalue weighted by atomic mass is 10.1. The minimum atomic E-state index is -3.58. The Kier molecular flexibility index (Phi) is 6.51. The molecule has 7 nitrogen and oxygen atoms in total. The fraction of sp³-hybridized carbons (Fsp3) is 0.167. The van der Waals surface area contributed by atoms with Crippen LogP contribution in [-0.2, 0) is 34.2 Å². The van der Waals surface area contributed by atoms with Crippen molar-refractivity contribution in [3.8, 4) is 0 Å². The molecule has 0 spiro atoms. The lowest BCUT2D eigenvalue weighted by molar-refractivity contribution is -0.115. The first-order valence-electron chi connectivity index (χ1n) is 10.2. The summed E-state index contributed by atoms with van der Waals surface area (Å²) in [4.78, 5) is 12.7.